The van der Waals surface area contributed by atoms with Crippen molar-refractivity contribution in [2.45, 2.75) is 11.4 Å². The molecule has 1 aromatic carbocycles. The smallest absolute Gasteiger partial charge is 0.221 e. The lowest BCUT2D eigenvalue weighted by Gasteiger charge is -2.15. The van der Waals surface area contributed by atoms with E-state index in [0.717, 1.165) is 0 Å². The molecule has 1 aliphatic rings. The second-order valence-corrected chi connectivity index (χ2v) is 9.19. The Hall–Kier alpha value is -1.75. The number of sulfonamides is 2. The molecule has 1 N–H and O–H groups in total. The Balaban J connectivity index is 1.72. The van der Waals surface area contributed by atoms with Gasteiger partial charge in [0.15, 0.2) is 5.03 Å². The minimum Gasteiger partial charge on any atom is -0.221 e. The number of hydrogen-bond donors (Lipinski definition) is 1. The largest absolute Gasteiger partial charge is 0.258 e. The highest BCUT2D eigenvalue weighted by atomic mass is 32.2. The number of para-hydroxylation sites is 1. The van der Waals surface area contributed by atoms with Gasteiger partial charge in [-0.1, -0.05) is 18.2 Å². The van der Waals surface area contributed by atoms with Gasteiger partial charge in [0.2, 0.25) is 10.0 Å². The van der Waals surface area contributed by atoms with Gasteiger partial charge in [-0.25, -0.2) is 30.5 Å². The first-order valence-corrected chi connectivity index (χ1v) is 10.6. The highest BCUT2D eigenvalue weighted by Gasteiger charge is 2.28. The first-order valence-electron chi connectivity index (χ1n) is 7.47. The van der Waals surface area contributed by atoms with Gasteiger partial charge in [-0.15, -0.1) is 0 Å². The number of rotatable bonds is 6. The molecule has 0 saturated carbocycles. The summed E-state index contributed by atoms with van der Waals surface area (Å²) in [5.74, 6) is 0.126. The third kappa shape index (κ3) is 3.51. The molecule has 3 rings (SSSR count). The number of benzene rings is 1. The van der Waals surface area contributed by atoms with E-state index in [1.807, 2.05) is 6.07 Å². The Labute approximate surface area is 141 Å². The van der Waals surface area contributed by atoms with E-state index in [0.29, 0.717) is 18.7 Å². The van der Waals surface area contributed by atoms with Crippen molar-refractivity contribution in [3.63, 3.8) is 0 Å². The third-order valence-corrected chi connectivity index (χ3v) is 7.14. The molecule has 0 bridgehead atoms. The SMILES string of the molecule is O=S(=O)(NCCN1CCCS1(=O)=O)c1ccnn1-c1ccccc1. The van der Waals surface area contributed by atoms with E-state index in [1.165, 1.54) is 21.3 Å². The van der Waals surface area contributed by atoms with E-state index in [2.05, 4.69) is 9.82 Å². The van der Waals surface area contributed by atoms with Crippen LogP contribution in [0, 0.1) is 0 Å². The molecular formula is C14H18N4O4S2. The van der Waals surface area contributed by atoms with Crippen molar-refractivity contribution in [1.29, 1.82) is 0 Å². The molecule has 0 radical (unpaired) electrons. The van der Waals surface area contributed by atoms with Crippen molar-refractivity contribution < 1.29 is 16.8 Å². The molecule has 24 heavy (non-hydrogen) atoms. The van der Waals surface area contributed by atoms with Crippen LogP contribution >= 0.6 is 0 Å². The first-order chi connectivity index (χ1) is 11.4. The van der Waals surface area contributed by atoms with Crippen LogP contribution in [0.1, 0.15) is 6.42 Å². The lowest BCUT2D eigenvalue weighted by molar-refractivity contribution is 0.444. The molecule has 0 unspecified atom stereocenters. The molecule has 0 aliphatic carbocycles. The van der Waals surface area contributed by atoms with Crippen molar-refractivity contribution >= 4 is 20.0 Å². The number of hydrogen-bond acceptors (Lipinski definition) is 5. The average molecular weight is 370 g/mol. The number of nitrogens with zero attached hydrogens (tertiary/aromatic N) is 3. The van der Waals surface area contributed by atoms with Gasteiger partial charge in [0.1, 0.15) is 0 Å². The van der Waals surface area contributed by atoms with Gasteiger partial charge >= 0.3 is 0 Å². The van der Waals surface area contributed by atoms with Crippen LogP contribution in [0.3, 0.4) is 0 Å². The third-order valence-electron chi connectivity index (χ3n) is 3.74. The van der Waals surface area contributed by atoms with Crippen LogP contribution in [0.4, 0.5) is 0 Å². The number of nitrogens with one attached hydrogen (secondary N) is 1. The molecule has 130 valence electrons. The molecule has 8 nitrogen and oxygen atoms in total. The summed E-state index contributed by atoms with van der Waals surface area (Å²) in [5, 5.41) is 4.06. The van der Waals surface area contributed by atoms with Crippen molar-refractivity contribution in [3.8, 4) is 5.69 Å². The molecule has 0 spiro atoms. The van der Waals surface area contributed by atoms with Gasteiger partial charge in [-0.3, -0.25) is 0 Å². The van der Waals surface area contributed by atoms with Crippen LogP contribution < -0.4 is 4.72 Å². The summed E-state index contributed by atoms with van der Waals surface area (Å²) in [7, 11) is -7.02. The maximum Gasteiger partial charge on any atom is 0.258 e. The van der Waals surface area contributed by atoms with Crippen LogP contribution in [0.25, 0.3) is 5.69 Å². The monoisotopic (exact) mass is 370 g/mol. The minimum absolute atomic E-state index is 0.0120. The van der Waals surface area contributed by atoms with Crippen LogP contribution in [0.5, 0.6) is 0 Å². The molecular weight excluding hydrogens is 352 g/mol. The van der Waals surface area contributed by atoms with Crippen molar-refractivity contribution in [2.24, 2.45) is 0 Å². The number of aromatic nitrogens is 2. The van der Waals surface area contributed by atoms with E-state index in [4.69, 9.17) is 0 Å². The van der Waals surface area contributed by atoms with E-state index in [9.17, 15) is 16.8 Å². The maximum atomic E-state index is 12.5. The second kappa shape index (κ2) is 6.63. The Bertz CT molecular complexity index is 907. The molecule has 1 aliphatic heterocycles. The fourth-order valence-electron chi connectivity index (χ4n) is 2.58. The lowest BCUT2D eigenvalue weighted by Crippen LogP contribution is -2.36. The van der Waals surface area contributed by atoms with Crippen molar-refractivity contribution in [3.05, 3.63) is 42.6 Å². The normalized spacial score (nSPS) is 18.0. The zero-order valence-corrected chi connectivity index (χ0v) is 14.5. The minimum atomic E-state index is -3.80. The fourth-order valence-corrected chi connectivity index (χ4v) is 5.24. The maximum absolute atomic E-state index is 12.5. The molecule has 0 amide bonds. The molecule has 2 heterocycles. The molecule has 0 atom stereocenters. The van der Waals surface area contributed by atoms with Crippen molar-refractivity contribution in [1.82, 2.24) is 18.8 Å². The average Bonchev–Trinajstić information content (AvgIpc) is 3.15. The quantitative estimate of drug-likeness (QED) is 0.782. The standard InChI is InChI=1S/C14H18N4O4S2/c19-23(20)12-4-10-17(23)11-9-16-24(21,22)14-7-8-15-18(14)13-5-2-1-3-6-13/h1-3,5-8,16H,4,9-12H2. The Morgan fingerprint density at radius 3 is 2.58 bits per heavy atom. The summed E-state index contributed by atoms with van der Waals surface area (Å²) in [6, 6.07) is 10.3. The van der Waals surface area contributed by atoms with Crippen LogP contribution in [-0.2, 0) is 20.0 Å². The zero-order valence-electron chi connectivity index (χ0n) is 12.9. The summed E-state index contributed by atoms with van der Waals surface area (Å²) < 4.78 is 53.5. The first kappa shape index (κ1) is 17.1. The van der Waals surface area contributed by atoms with E-state index in [1.54, 1.807) is 24.3 Å². The molecule has 1 saturated heterocycles. The predicted octanol–water partition coefficient (Wildman–Crippen LogP) is 0.186. The van der Waals surface area contributed by atoms with Gasteiger partial charge in [0.05, 0.1) is 17.6 Å². The van der Waals surface area contributed by atoms with Gasteiger partial charge in [0, 0.05) is 19.6 Å². The molecule has 10 heteroatoms. The Kier molecular flexibility index (Phi) is 4.72. The summed E-state index contributed by atoms with van der Waals surface area (Å²) in [6.07, 6.45) is 1.99. The van der Waals surface area contributed by atoms with Crippen molar-refractivity contribution in [2.75, 3.05) is 25.4 Å². The van der Waals surface area contributed by atoms with Gasteiger partial charge in [-0.2, -0.15) is 5.10 Å². The topological polar surface area (TPSA) is 101 Å². The fraction of sp³-hybridized carbons (Fsp3) is 0.357. The zero-order chi connectivity index (χ0) is 17.2. The summed E-state index contributed by atoms with van der Waals surface area (Å²) in [5.41, 5.74) is 0.630. The Morgan fingerprint density at radius 2 is 1.92 bits per heavy atom. The predicted molar refractivity (Wildman–Crippen MR) is 88.7 cm³/mol. The summed E-state index contributed by atoms with van der Waals surface area (Å²) in [6.45, 7) is 0.578. The Morgan fingerprint density at radius 1 is 1.17 bits per heavy atom. The van der Waals surface area contributed by atoms with Gasteiger partial charge in [-0.05, 0) is 24.6 Å². The van der Waals surface area contributed by atoms with Crippen LogP contribution in [0.2, 0.25) is 0 Å². The summed E-state index contributed by atoms with van der Waals surface area (Å²) in [4.78, 5) is 0. The van der Waals surface area contributed by atoms with Gasteiger partial charge < -0.3 is 0 Å². The van der Waals surface area contributed by atoms with Gasteiger partial charge in [0.25, 0.3) is 10.0 Å². The summed E-state index contributed by atoms with van der Waals surface area (Å²) >= 11 is 0. The highest BCUT2D eigenvalue weighted by Crippen LogP contribution is 2.15. The van der Waals surface area contributed by atoms with E-state index < -0.39 is 20.0 Å². The van der Waals surface area contributed by atoms with Crippen LogP contribution in [0.15, 0.2) is 47.6 Å². The molecule has 1 fully saturated rings. The molecule has 2 aromatic rings. The highest BCUT2D eigenvalue weighted by molar-refractivity contribution is 7.89. The molecule has 1 aromatic heterocycles. The van der Waals surface area contributed by atoms with E-state index >= 15 is 0 Å². The second-order valence-electron chi connectivity index (χ2n) is 5.38. The lowest BCUT2D eigenvalue weighted by atomic mass is 10.3. The van der Waals surface area contributed by atoms with Crippen LogP contribution in [-0.4, -0.2) is 56.3 Å². The van der Waals surface area contributed by atoms with E-state index in [-0.39, 0.29) is 23.9 Å².